The molecule has 0 radical (unpaired) electrons. The second-order valence-corrected chi connectivity index (χ2v) is 12.7. The third-order valence-corrected chi connectivity index (χ3v) is 9.25. The number of nitrogens with zero attached hydrogens (tertiary/aromatic N) is 2. The summed E-state index contributed by atoms with van der Waals surface area (Å²) < 4.78 is 32.6. The largest absolute Gasteiger partial charge is 0.489 e. The summed E-state index contributed by atoms with van der Waals surface area (Å²) in [5.74, 6) is 0.0296. The number of rotatable bonds is 8. The van der Waals surface area contributed by atoms with Gasteiger partial charge in [0.2, 0.25) is 11.2 Å². The minimum Gasteiger partial charge on any atom is -0.489 e. The van der Waals surface area contributed by atoms with Crippen molar-refractivity contribution in [2.75, 3.05) is 32.2 Å². The number of methoxy groups -OCH3 is 2. The summed E-state index contributed by atoms with van der Waals surface area (Å²) in [6, 6.07) is 10.8. The number of aromatic amines is 1. The van der Waals surface area contributed by atoms with E-state index in [-0.39, 0.29) is 41.4 Å². The van der Waals surface area contributed by atoms with Crippen LogP contribution in [0.15, 0.2) is 47.3 Å². The zero-order chi connectivity index (χ0) is 31.1. The van der Waals surface area contributed by atoms with Gasteiger partial charge in [-0.15, -0.1) is 0 Å². The first kappa shape index (κ1) is 30.5. The minimum absolute atomic E-state index is 0.252. The lowest BCUT2D eigenvalue weighted by molar-refractivity contribution is -0.163. The molecule has 10 heteroatoms. The standard InChI is InChI=1S/C33H39FN4O5/c1-32(2)30(33(3,4)31(32)43-25-12-10-23(35-5)27-21(25)9-13-26(39)36-27)37-28(40)20-8-11-24(22(34)18-20)38-16-14-19(15-17-38)29(41-6)42-7/h8-13,18-19,29-31H,14-17H2,1-4,6-7H3,(H,36,39)(H,37,40). The average molecular weight is 591 g/mol. The van der Waals surface area contributed by atoms with Crippen LogP contribution in [0, 0.1) is 29.1 Å². The first-order valence-electron chi connectivity index (χ1n) is 14.5. The molecule has 1 saturated heterocycles. The molecule has 2 aromatic carbocycles. The van der Waals surface area contributed by atoms with Crippen molar-refractivity contribution >= 4 is 28.2 Å². The van der Waals surface area contributed by atoms with E-state index in [0.717, 1.165) is 12.8 Å². The maximum atomic E-state index is 15.3. The molecule has 1 aromatic heterocycles. The van der Waals surface area contributed by atoms with Crippen LogP contribution in [0.3, 0.4) is 0 Å². The Bertz CT molecular complexity index is 1600. The van der Waals surface area contributed by atoms with Gasteiger partial charge in [-0.2, -0.15) is 0 Å². The summed E-state index contributed by atoms with van der Waals surface area (Å²) in [4.78, 5) is 33.6. The number of H-pyrrole nitrogens is 1. The molecule has 1 amide bonds. The van der Waals surface area contributed by atoms with Crippen LogP contribution in [0.5, 0.6) is 5.75 Å². The topological polar surface area (TPSA) is 97.2 Å². The van der Waals surface area contributed by atoms with Crippen molar-refractivity contribution < 1.29 is 23.4 Å². The van der Waals surface area contributed by atoms with Gasteiger partial charge in [-0.3, -0.25) is 9.59 Å². The predicted octanol–water partition coefficient (Wildman–Crippen LogP) is 5.67. The number of ether oxygens (including phenoxy) is 3. The number of aromatic nitrogens is 1. The average Bonchev–Trinajstić information content (AvgIpc) is 2.99. The van der Waals surface area contributed by atoms with E-state index in [1.54, 1.807) is 44.6 Å². The van der Waals surface area contributed by atoms with E-state index in [1.165, 1.54) is 12.1 Å². The number of anilines is 1. The van der Waals surface area contributed by atoms with E-state index in [4.69, 9.17) is 20.8 Å². The third-order valence-electron chi connectivity index (χ3n) is 9.25. The number of hydrogen-bond donors (Lipinski definition) is 2. The van der Waals surface area contributed by atoms with Crippen molar-refractivity contribution in [2.24, 2.45) is 16.7 Å². The van der Waals surface area contributed by atoms with Crippen LogP contribution < -0.4 is 20.5 Å². The molecule has 1 saturated carbocycles. The lowest BCUT2D eigenvalue weighted by atomic mass is 9.49. The lowest BCUT2D eigenvalue weighted by Crippen LogP contribution is -2.74. The molecule has 9 nitrogen and oxygen atoms in total. The molecule has 2 fully saturated rings. The van der Waals surface area contributed by atoms with Crippen molar-refractivity contribution in [3.05, 3.63) is 75.6 Å². The van der Waals surface area contributed by atoms with Gasteiger partial charge < -0.3 is 29.4 Å². The van der Waals surface area contributed by atoms with Crippen LogP contribution >= 0.6 is 0 Å². The Kier molecular flexibility index (Phi) is 8.25. The zero-order valence-electron chi connectivity index (χ0n) is 25.5. The molecule has 228 valence electrons. The number of hydrogen-bond acceptors (Lipinski definition) is 6. The highest BCUT2D eigenvalue weighted by Gasteiger charge is 2.64. The summed E-state index contributed by atoms with van der Waals surface area (Å²) in [6.07, 6.45) is 1.08. The van der Waals surface area contributed by atoms with Crippen molar-refractivity contribution in [1.29, 1.82) is 0 Å². The molecule has 1 aliphatic heterocycles. The molecule has 2 N–H and O–H groups in total. The Morgan fingerprint density at radius 1 is 1.07 bits per heavy atom. The smallest absolute Gasteiger partial charge is 0.251 e. The predicted molar refractivity (Wildman–Crippen MR) is 163 cm³/mol. The van der Waals surface area contributed by atoms with E-state index in [0.29, 0.717) is 41.1 Å². The van der Waals surface area contributed by atoms with Gasteiger partial charge in [0, 0.05) is 67.1 Å². The highest BCUT2D eigenvalue weighted by molar-refractivity contribution is 5.96. The fourth-order valence-corrected chi connectivity index (χ4v) is 7.35. The summed E-state index contributed by atoms with van der Waals surface area (Å²) >= 11 is 0. The fraction of sp³-hybridized carbons (Fsp3) is 0.485. The molecular weight excluding hydrogens is 551 g/mol. The molecule has 0 spiro atoms. The highest BCUT2D eigenvalue weighted by Crippen LogP contribution is 2.56. The van der Waals surface area contributed by atoms with Gasteiger partial charge in [-0.05, 0) is 43.2 Å². The molecular formula is C33H39FN4O5. The van der Waals surface area contributed by atoms with Crippen molar-refractivity contribution in [3.8, 4) is 5.75 Å². The zero-order valence-corrected chi connectivity index (χ0v) is 25.5. The van der Waals surface area contributed by atoms with Gasteiger partial charge in [0.15, 0.2) is 6.29 Å². The van der Waals surface area contributed by atoms with Crippen LogP contribution in [0.2, 0.25) is 0 Å². The van der Waals surface area contributed by atoms with E-state index in [2.05, 4.69) is 15.1 Å². The molecule has 43 heavy (non-hydrogen) atoms. The van der Waals surface area contributed by atoms with Crippen LogP contribution in [-0.2, 0) is 9.47 Å². The van der Waals surface area contributed by atoms with Gasteiger partial charge in [-0.25, -0.2) is 9.24 Å². The Hall–Kier alpha value is -3.94. The summed E-state index contributed by atoms with van der Waals surface area (Å²) in [6.45, 7) is 16.9. The molecule has 1 aliphatic carbocycles. The number of amides is 1. The fourth-order valence-electron chi connectivity index (χ4n) is 7.35. The maximum absolute atomic E-state index is 15.3. The van der Waals surface area contributed by atoms with E-state index in [9.17, 15) is 9.59 Å². The van der Waals surface area contributed by atoms with Gasteiger partial charge >= 0.3 is 0 Å². The highest BCUT2D eigenvalue weighted by atomic mass is 19.1. The second kappa shape index (κ2) is 11.6. The number of carbonyl (C=O) groups is 1. The van der Waals surface area contributed by atoms with Gasteiger partial charge in [0.1, 0.15) is 17.7 Å². The number of piperidine rings is 1. The Labute approximate surface area is 251 Å². The Morgan fingerprint density at radius 3 is 2.35 bits per heavy atom. The first-order chi connectivity index (χ1) is 20.4. The monoisotopic (exact) mass is 590 g/mol. The number of carbonyl (C=O) groups excluding carboxylic acids is 1. The van der Waals surface area contributed by atoms with Crippen molar-refractivity contribution in [2.45, 2.75) is 59.0 Å². The maximum Gasteiger partial charge on any atom is 0.251 e. The van der Waals surface area contributed by atoms with Crippen LogP contribution in [0.4, 0.5) is 15.8 Å². The van der Waals surface area contributed by atoms with Crippen molar-refractivity contribution in [1.82, 2.24) is 10.3 Å². The molecule has 2 aliphatic rings. The Balaban J connectivity index is 1.28. The molecule has 0 atom stereocenters. The number of nitrogens with one attached hydrogen (secondary N) is 2. The molecule has 2 heterocycles. The second-order valence-electron chi connectivity index (χ2n) is 12.7. The molecule has 0 unspecified atom stereocenters. The Morgan fingerprint density at radius 2 is 1.74 bits per heavy atom. The SMILES string of the molecule is [C-]#[N+]c1ccc(OC2C(C)(C)C(NC(=O)c3ccc(N4CCC(C(OC)OC)CC4)c(F)c3)C2(C)C)c2ccc(=O)[nH]c12. The van der Waals surface area contributed by atoms with Gasteiger partial charge in [-0.1, -0.05) is 33.8 Å². The number of fused-ring (bicyclic) bond motifs is 1. The van der Waals surface area contributed by atoms with Crippen LogP contribution in [-0.4, -0.2) is 56.6 Å². The van der Waals surface area contributed by atoms with E-state index in [1.807, 2.05) is 32.6 Å². The quantitative estimate of drug-likeness (QED) is 0.259. The number of halogens is 1. The van der Waals surface area contributed by atoms with Gasteiger partial charge in [0.05, 0.1) is 17.8 Å². The van der Waals surface area contributed by atoms with Crippen molar-refractivity contribution in [3.63, 3.8) is 0 Å². The minimum atomic E-state index is -0.475. The van der Waals surface area contributed by atoms with E-state index >= 15 is 4.39 Å². The summed E-state index contributed by atoms with van der Waals surface area (Å²) in [5.41, 5.74) is 0.272. The first-order valence-corrected chi connectivity index (χ1v) is 14.5. The normalized spacial score (nSPS) is 21.3. The van der Waals surface area contributed by atoms with Gasteiger partial charge in [0.25, 0.3) is 5.91 Å². The molecule has 0 bridgehead atoms. The lowest BCUT2D eigenvalue weighted by Gasteiger charge is -2.63. The van der Waals surface area contributed by atoms with E-state index < -0.39 is 16.6 Å². The van der Waals surface area contributed by atoms with Crippen LogP contribution in [0.1, 0.15) is 50.9 Å². The molecule has 3 aromatic rings. The summed E-state index contributed by atoms with van der Waals surface area (Å²) in [5, 5.41) is 3.78. The molecule has 5 rings (SSSR count). The number of pyridine rings is 1. The number of benzene rings is 2. The third kappa shape index (κ3) is 5.48. The van der Waals surface area contributed by atoms with Crippen LogP contribution in [0.25, 0.3) is 15.7 Å². The summed E-state index contributed by atoms with van der Waals surface area (Å²) in [7, 11) is 3.26.